The third kappa shape index (κ3) is 5.11. The van der Waals surface area contributed by atoms with E-state index in [1.165, 1.54) is 28.6 Å². The summed E-state index contributed by atoms with van der Waals surface area (Å²) in [6.07, 6.45) is 0.772. The fraction of sp³-hybridized carbons (Fsp3) is 0.318. The molecule has 0 aliphatic carbocycles. The van der Waals surface area contributed by atoms with E-state index in [9.17, 15) is 13.2 Å². The summed E-state index contributed by atoms with van der Waals surface area (Å²) in [6.45, 7) is 5.62. The van der Waals surface area contributed by atoms with Crippen molar-refractivity contribution in [2.75, 3.05) is 10.8 Å². The molecule has 1 heterocycles. The van der Waals surface area contributed by atoms with Gasteiger partial charge in [-0.05, 0) is 50.6 Å². The Morgan fingerprint density at radius 3 is 2.55 bits per heavy atom. The van der Waals surface area contributed by atoms with Gasteiger partial charge in [0, 0.05) is 13.0 Å². The lowest BCUT2D eigenvalue weighted by atomic mass is 10.2. The molecule has 0 saturated carbocycles. The van der Waals surface area contributed by atoms with Crippen LogP contribution in [0.5, 0.6) is 0 Å². The van der Waals surface area contributed by atoms with E-state index in [1.54, 1.807) is 38.1 Å². The largest absolute Gasteiger partial charge is 0.449 e. The van der Waals surface area contributed by atoms with E-state index >= 15 is 0 Å². The molecule has 0 aliphatic rings. The van der Waals surface area contributed by atoms with Gasteiger partial charge in [0.2, 0.25) is 0 Å². The highest BCUT2D eigenvalue weighted by Gasteiger charge is 2.25. The van der Waals surface area contributed by atoms with Crippen LogP contribution in [0.2, 0.25) is 0 Å². The van der Waals surface area contributed by atoms with Gasteiger partial charge in [0.15, 0.2) is 11.9 Å². The second kappa shape index (κ2) is 9.74. The third-order valence-corrected chi connectivity index (χ3v) is 6.48. The Kier molecular flexibility index (Phi) is 7.06. The van der Waals surface area contributed by atoms with Crippen LogP contribution in [0.4, 0.5) is 5.69 Å². The number of ether oxygens (including phenoxy) is 1. The molecule has 0 saturated heterocycles. The van der Waals surface area contributed by atoms with Crippen LogP contribution in [0, 0.1) is 0 Å². The summed E-state index contributed by atoms with van der Waals surface area (Å²) in [6, 6.07) is 14.6. The molecule has 1 aromatic heterocycles. The Morgan fingerprint density at radius 2 is 1.87 bits per heavy atom. The number of anilines is 1. The van der Waals surface area contributed by atoms with Crippen molar-refractivity contribution in [2.24, 2.45) is 0 Å². The fourth-order valence-electron chi connectivity index (χ4n) is 3.03. The number of hydrogen-bond donors (Lipinski definition) is 0. The summed E-state index contributed by atoms with van der Waals surface area (Å²) in [4.78, 5) is 16.8. The second-order valence-electron chi connectivity index (χ2n) is 6.88. The zero-order valence-corrected chi connectivity index (χ0v) is 18.5. The van der Waals surface area contributed by atoms with E-state index in [1.807, 2.05) is 13.0 Å². The summed E-state index contributed by atoms with van der Waals surface area (Å²) in [5, 5.41) is 3.85. The van der Waals surface area contributed by atoms with Gasteiger partial charge >= 0.3 is 5.97 Å². The van der Waals surface area contributed by atoms with Gasteiger partial charge in [0.05, 0.1) is 16.1 Å². The van der Waals surface area contributed by atoms with Crippen molar-refractivity contribution in [3.63, 3.8) is 0 Å². The molecule has 3 aromatic rings. The van der Waals surface area contributed by atoms with Crippen LogP contribution < -0.4 is 4.31 Å². The van der Waals surface area contributed by atoms with E-state index in [4.69, 9.17) is 9.26 Å². The van der Waals surface area contributed by atoms with E-state index in [-0.39, 0.29) is 22.9 Å². The van der Waals surface area contributed by atoms with Crippen LogP contribution in [0.3, 0.4) is 0 Å². The van der Waals surface area contributed by atoms with Gasteiger partial charge in [-0.3, -0.25) is 4.31 Å². The summed E-state index contributed by atoms with van der Waals surface area (Å²) in [7, 11) is -3.86. The molecule has 1 atom stereocenters. The molecule has 31 heavy (non-hydrogen) atoms. The van der Waals surface area contributed by atoms with Crippen molar-refractivity contribution in [1.29, 1.82) is 0 Å². The number of carbonyl (C=O) groups is 1. The number of rotatable bonds is 9. The van der Waals surface area contributed by atoms with Crippen LogP contribution in [0.15, 0.2) is 64.0 Å². The molecule has 1 unspecified atom stereocenters. The molecular formula is C22H25N3O5S. The maximum absolute atomic E-state index is 13.2. The first-order valence-corrected chi connectivity index (χ1v) is 11.5. The van der Waals surface area contributed by atoms with Gasteiger partial charge in [-0.1, -0.05) is 36.3 Å². The molecule has 0 aliphatic heterocycles. The summed E-state index contributed by atoms with van der Waals surface area (Å²) in [5.41, 5.74) is 0.663. The van der Waals surface area contributed by atoms with Gasteiger partial charge in [-0.2, -0.15) is 4.98 Å². The first kappa shape index (κ1) is 22.5. The number of hydrogen-bond acceptors (Lipinski definition) is 7. The van der Waals surface area contributed by atoms with E-state index in [0.717, 1.165) is 6.42 Å². The maximum atomic E-state index is 13.2. The van der Waals surface area contributed by atoms with Gasteiger partial charge < -0.3 is 9.26 Å². The lowest BCUT2D eigenvalue weighted by Crippen LogP contribution is -2.30. The van der Waals surface area contributed by atoms with Crippen LogP contribution in [0.25, 0.3) is 0 Å². The lowest BCUT2D eigenvalue weighted by molar-refractivity contribution is 0.0265. The van der Waals surface area contributed by atoms with E-state index < -0.39 is 22.1 Å². The highest BCUT2D eigenvalue weighted by molar-refractivity contribution is 7.92. The monoisotopic (exact) mass is 443 g/mol. The van der Waals surface area contributed by atoms with Crippen molar-refractivity contribution < 1.29 is 22.5 Å². The van der Waals surface area contributed by atoms with Crippen molar-refractivity contribution in [3.05, 3.63) is 71.9 Å². The van der Waals surface area contributed by atoms with Gasteiger partial charge in [-0.15, -0.1) is 0 Å². The number of para-hydroxylation sites is 1. The molecular weight excluding hydrogens is 418 g/mol. The van der Waals surface area contributed by atoms with Gasteiger partial charge in [0.1, 0.15) is 0 Å². The van der Waals surface area contributed by atoms with Gasteiger partial charge in [-0.25, -0.2) is 13.2 Å². The summed E-state index contributed by atoms with van der Waals surface area (Å²) < 4.78 is 38.2. The lowest BCUT2D eigenvalue weighted by Gasteiger charge is -2.23. The van der Waals surface area contributed by atoms with Crippen LogP contribution in [-0.2, 0) is 21.2 Å². The molecule has 0 spiro atoms. The number of esters is 1. The minimum atomic E-state index is -3.86. The number of aryl methyl sites for hydroxylation is 1. The molecule has 164 valence electrons. The molecule has 0 N–H and O–H groups in total. The Labute approximate surface area is 181 Å². The minimum absolute atomic E-state index is 0.00308. The summed E-state index contributed by atoms with van der Waals surface area (Å²) in [5.74, 6) is 0.0680. The maximum Gasteiger partial charge on any atom is 0.338 e. The van der Waals surface area contributed by atoms with Crippen LogP contribution in [0.1, 0.15) is 55.4 Å². The topological polar surface area (TPSA) is 103 Å². The normalized spacial score (nSPS) is 12.4. The SMILES string of the molecule is CCCc1noc(C(C)OC(=O)c2cccc(S(=O)(=O)N(CC)c3ccccc3)c2)n1. The van der Waals surface area contributed by atoms with E-state index in [2.05, 4.69) is 10.1 Å². The van der Waals surface area contributed by atoms with Crippen molar-refractivity contribution >= 4 is 21.7 Å². The number of sulfonamides is 1. The van der Waals surface area contributed by atoms with E-state index in [0.29, 0.717) is 17.9 Å². The van der Waals surface area contributed by atoms with Crippen molar-refractivity contribution in [1.82, 2.24) is 10.1 Å². The number of aromatic nitrogens is 2. The zero-order valence-electron chi connectivity index (χ0n) is 17.7. The van der Waals surface area contributed by atoms with Gasteiger partial charge in [0.25, 0.3) is 15.9 Å². The molecule has 9 heteroatoms. The average molecular weight is 444 g/mol. The number of benzene rings is 2. The average Bonchev–Trinajstić information content (AvgIpc) is 3.24. The predicted molar refractivity (Wildman–Crippen MR) is 115 cm³/mol. The molecule has 8 nitrogen and oxygen atoms in total. The highest BCUT2D eigenvalue weighted by Crippen LogP contribution is 2.25. The quantitative estimate of drug-likeness (QED) is 0.458. The Hall–Kier alpha value is -3.20. The van der Waals surface area contributed by atoms with Crippen molar-refractivity contribution in [3.8, 4) is 0 Å². The molecule has 3 rings (SSSR count). The predicted octanol–water partition coefficient (Wildman–Crippen LogP) is 4.16. The van der Waals surface area contributed by atoms with Crippen LogP contribution >= 0.6 is 0 Å². The first-order chi connectivity index (χ1) is 14.9. The Morgan fingerprint density at radius 1 is 1.13 bits per heavy atom. The summed E-state index contributed by atoms with van der Waals surface area (Å²) >= 11 is 0. The smallest absolute Gasteiger partial charge is 0.338 e. The number of carbonyl (C=O) groups excluding carboxylic acids is 1. The van der Waals surface area contributed by atoms with Crippen LogP contribution in [-0.4, -0.2) is 31.1 Å². The Balaban J connectivity index is 1.80. The number of nitrogens with zero attached hydrogens (tertiary/aromatic N) is 3. The Bertz CT molecular complexity index is 1130. The molecule has 0 fully saturated rings. The highest BCUT2D eigenvalue weighted by atomic mass is 32.2. The molecule has 0 amide bonds. The molecule has 0 radical (unpaired) electrons. The zero-order chi connectivity index (χ0) is 22.4. The van der Waals surface area contributed by atoms with Crippen molar-refractivity contribution in [2.45, 2.75) is 44.6 Å². The third-order valence-electron chi connectivity index (χ3n) is 4.58. The first-order valence-electron chi connectivity index (χ1n) is 10.1. The molecule has 2 aromatic carbocycles. The second-order valence-corrected chi connectivity index (χ2v) is 8.74. The fourth-order valence-corrected chi connectivity index (χ4v) is 4.55. The molecule has 0 bridgehead atoms. The standard InChI is InChI=1S/C22H25N3O5S/c1-4-10-20-23-21(30-24-20)16(3)29-22(26)17-11-9-14-19(15-17)31(27,28)25(5-2)18-12-7-6-8-13-18/h6-9,11-16H,4-5,10H2,1-3H3. The minimum Gasteiger partial charge on any atom is -0.449 e.